The monoisotopic (exact) mass is 323 g/mol. The van der Waals surface area contributed by atoms with E-state index in [1.807, 2.05) is 6.92 Å². The maximum absolute atomic E-state index is 12.4. The first-order chi connectivity index (χ1) is 10.5. The first-order valence-corrected chi connectivity index (χ1v) is 8.30. The van der Waals surface area contributed by atoms with Crippen LogP contribution in [-0.2, 0) is 14.8 Å². The molecule has 0 radical (unpaired) electrons. The van der Waals surface area contributed by atoms with Crippen molar-refractivity contribution in [2.24, 2.45) is 0 Å². The van der Waals surface area contributed by atoms with Gasteiger partial charge in [0, 0.05) is 17.3 Å². The summed E-state index contributed by atoms with van der Waals surface area (Å²) >= 11 is 0. The van der Waals surface area contributed by atoms with Crippen molar-refractivity contribution < 1.29 is 23.1 Å². The summed E-state index contributed by atoms with van der Waals surface area (Å²) in [6.45, 7) is 2.18. The molecule has 0 aliphatic rings. The minimum Gasteiger partial charge on any atom is -0.493 e. The van der Waals surface area contributed by atoms with E-state index in [4.69, 9.17) is 9.84 Å². The Morgan fingerprint density at radius 3 is 2.50 bits per heavy atom. The second-order valence-electron chi connectivity index (χ2n) is 4.58. The molecule has 0 bridgehead atoms. The third kappa shape index (κ3) is 3.55. The molecule has 0 amide bonds. The molecule has 7 heteroatoms. The molecule has 0 aliphatic heterocycles. The van der Waals surface area contributed by atoms with Gasteiger partial charge < -0.3 is 9.84 Å². The largest absolute Gasteiger partial charge is 0.493 e. The van der Waals surface area contributed by atoms with Crippen molar-refractivity contribution in [3.8, 4) is 5.75 Å². The van der Waals surface area contributed by atoms with Crippen LogP contribution >= 0.6 is 0 Å². The van der Waals surface area contributed by atoms with Crippen LogP contribution in [0.3, 0.4) is 0 Å². The third-order valence-electron chi connectivity index (χ3n) is 3.06. The van der Waals surface area contributed by atoms with Gasteiger partial charge in [0.15, 0.2) is 0 Å². The number of carbonyl (C=O) groups is 1. The number of carboxylic acids is 1. The summed E-state index contributed by atoms with van der Waals surface area (Å²) < 4.78 is 32.5. The zero-order valence-corrected chi connectivity index (χ0v) is 12.9. The molecule has 0 aliphatic carbocycles. The van der Waals surface area contributed by atoms with Crippen molar-refractivity contribution in [2.75, 3.05) is 13.2 Å². The fraction of sp³-hybridized carbons (Fsp3) is 0.267. The standard InChI is InChI=1S/C15H17NO5S/c1-2-21-13-7-8-14(12-6-4-3-5-11(12)13)22(19,20)16-10-9-15(17)18/h3-8,16H,2,9-10H2,1H3,(H,17,18). The van der Waals surface area contributed by atoms with Gasteiger partial charge in [-0.15, -0.1) is 0 Å². The minimum absolute atomic E-state index is 0.108. The van der Waals surface area contributed by atoms with Crippen molar-refractivity contribution in [2.45, 2.75) is 18.2 Å². The van der Waals surface area contributed by atoms with E-state index in [0.717, 1.165) is 0 Å². The van der Waals surface area contributed by atoms with E-state index in [1.54, 1.807) is 30.3 Å². The van der Waals surface area contributed by atoms with Gasteiger partial charge in [0.2, 0.25) is 10.0 Å². The minimum atomic E-state index is -3.78. The van der Waals surface area contributed by atoms with Crippen molar-refractivity contribution in [1.29, 1.82) is 0 Å². The van der Waals surface area contributed by atoms with Gasteiger partial charge in [0.1, 0.15) is 5.75 Å². The molecule has 0 saturated heterocycles. The lowest BCUT2D eigenvalue weighted by Gasteiger charge is -2.12. The second-order valence-corrected chi connectivity index (χ2v) is 6.32. The maximum Gasteiger partial charge on any atom is 0.304 e. The normalized spacial score (nSPS) is 11.5. The molecule has 118 valence electrons. The van der Waals surface area contributed by atoms with Gasteiger partial charge in [-0.2, -0.15) is 0 Å². The number of benzene rings is 2. The summed E-state index contributed by atoms with van der Waals surface area (Å²) in [7, 11) is -3.78. The Morgan fingerprint density at radius 2 is 1.86 bits per heavy atom. The lowest BCUT2D eigenvalue weighted by molar-refractivity contribution is -0.136. The van der Waals surface area contributed by atoms with Gasteiger partial charge in [0.05, 0.1) is 17.9 Å². The van der Waals surface area contributed by atoms with Crippen LogP contribution in [0.4, 0.5) is 0 Å². The zero-order chi connectivity index (χ0) is 16.2. The van der Waals surface area contributed by atoms with Gasteiger partial charge in [0.25, 0.3) is 0 Å². The van der Waals surface area contributed by atoms with Crippen LogP contribution < -0.4 is 9.46 Å². The number of hydrogen-bond acceptors (Lipinski definition) is 4. The van der Waals surface area contributed by atoms with Gasteiger partial charge >= 0.3 is 5.97 Å². The molecule has 0 atom stereocenters. The van der Waals surface area contributed by atoms with Crippen molar-refractivity contribution in [3.63, 3.8) is 0 Å². The summed E-state index contributed by atoms with van der Waals surface area (Å²) in [6, 6.07) is 10.1. The van der Waals surface area contributed by atoms with E-state index in [1.165, 1.54) is 6.07 Å². The number of fused-ring (bicyclic) bond motifs is 1. The SMILES string of the molecule is CCOc1ccc(S(=O)(=O)NCCC(=O)O)c2ccccc12. The van der Waals surface area contributed by atoms with Gasteiger partial charge in [-0.25, -0.2) is 13.1 Å². The lowest BCUT2D eigenvalue weighted by atomic mass is 10.1. The van der Waals surface area contributed by atoms with E-state index in [-0.39, 0.29) is 17.9 Å². The predicted molar refractivity (Wildman–Crippen MR) is 82.6 cm³/mol. The third-order valence-corrected chi connectivity index (χ3v) is 4.58. The Morgan fingerprint density at radius 1 is 1.18 bits per heavy atom. The van der Waals surface area contributed by atoms with Gasteiger partial charge in [-0.3, -0.25) is 4.79 Å². The molecule has 6 nitrogen and oxygen atoms in total. The predicted octanol–water partition coefficient (Wildman–Crippen LogP) is 1.99. The van der Waals surface area contributed by atoms with Crippen molar-refractivity contribution in [1.82, 2.24) is 4.72 Å². The highest BCUT2D eigenvalue weighted by Gasteiger charge is 2.18. The molecule has 2 rings (SSSR count). The average molecular weight is 323 g/mol. The molecule has 0 unspecified atom stereocenters. The molecule has 0 fully saturated rings. The summed E-state index contributed by atoms with van der Waals surface area (Å²) in [6.07, 6.45) is -0.270. The molecule has 0 spiro atoms. The van der Waals surface area contributed by atoms with E-state index in [0.29, 0.717) is 23.1 Å². The Bertz CT molecular complexity index is 786. The second kappa shape index (κ2) is 6.76. The Balaban J connectivity index is 2.43. The first-order valence-electron chi connectivity index (χ1n) is 6.81. The van der Waals surface area contributed by atoms with Crippen LogP contribution in [0.2, 0.25) is 0 Å². The quantitative estimate of drug-likeness (QED) is 0.813. The van der Waals surface area contributed by atoms with Crippen LogP contribution in [-0.4, -0.2) is 32.6 Å². The van der Waals surface area contributed by atoms with Crippen LogP contribution in [0, 0.1) is 0 Å². The van der Waals surface area contributed by atoms with Crippen molar-refractivity contribution in [3.05, 3.63) is 36.4 Å². The van der Waals surface area contributed by atoms with Crippen LogP contribution in [0.15, 0.2) is 41.3 Å². The number of nitrogens with one attached hydrogen (secondary N) is 1. The first kappa shape index (κ1) is 16.3. The molecule has 2 aromatic rings. The number of aliphatic carboxylic acids is 1. The fourth-order valence-corrected chi connectivity index (χ4v) is 3.37. The highest BCUT2D eigenvalue weighted by atomic mass is 32.2. The Labute approximate surface area is 128 Å². The summed E-state index contributed by atoms with van der Waals surface area (Å²) in [5.74, 6) is -0.443. The van der Waals surface area contributed by atoms with Gasteiger partial charge in [-0.05, 0) is 19.1 Å². The molecule has 0 heterocycles. The smallest absolute Gasteiger partial charge is 0.304 e. The summed E-state index contributed by atoms with van der Waals surface area (Å²) in [4.78, 5) is 10.6. The average Bonchev–Trinajstić information content (AvgIpc) is 2.47. The Kier molecular flexibility index (Phi) is 4.99. The highest BCUT2D eigenvalue weighted by Crippen LogP contribution is 2.30. The molecular formula is C15H17NO5S. The van der Waals surface area contributed by atoms with E-state index in [9.17, 15) is 13.2 Å². The van der Waals surface area contributed by atoms with E-state index >= 15 is 0 Å². The van der Waals surface area contributed by atoms with Crippen molar-refractivity contribution >= 4 is 26.8 Å². The molecule has 22 heavy (non-hydrogen) atoms. The van der Waals surface area contributed by atoms with Crippen LogP contribution in [0.1, 0.15) is 13.3 Å². The maximum atomic E-state index is 12.4. The lowest BCUT2D eigenvalue weighted by Crippen LogP contribution is -2.26. The van der Waals surface area contributed by atoms with E-state index in [2.05, 4.69) is 4.72 Å². The van der Waals surface area contributed by atoms with E-state index < -0.39 is 16.0 Å². The number of ether oxygens (including phenoxy) is 1. The Hall–Kier alpha value is -2.12. The van der Waals surface area contributed by atoms with Gasteiger partial charge in [-0.1, -0.05) is 24.3 Å². The molecule has 2 N–H and O–H groups in total. The highest BCUT2D eigenvalue weighted by molar-refractivity contribution is 7.89. The molecular weight excluding hydrogens is 306 g/mol. The summed E-state index contributed by atoms with van der Waals surface area (Å²) in [5, 5.41) is 9.83. The number of carboxylic acid groups (broad SMARTS) is 1. The number of sulfonamides is 1. The summed E-state index contributed by atoms with van der Waals surface area (Å²) in [5.41, 5.74) is 0. The number of hydrogen-bond donors (Lipinski definition) is 2. The van der Waals surface area contributed by atoms with Crippen LogP contribution in [0.25, 0.3) is 10.8 Å². The molecule has 0 aromatic heterocycles. The fourth-order valence-electron chi connectivity index (χ4n) is 2.13. The molecule has 0 saturated carbocycles. The zero-order valence-electron chi connectivity index (χ0n) is 12.1. The number of rotatable bonds is 7. The van der Waals surface area contributed by atoms with Crippen LogP contribution in [0.5, 0.6) is 5.75 Å². The molecule has 2 aromatic carbocycles. The topological polar surface area (TPSA) is 92.7 Å².